The van der Waals surface area contributed by atoms with Crippen LogP contribution in [0, 0.1) is 29.6 Å². The molecule has 1 aliphatic rings. The van der Waals surface area contributed by atoms with Crippen molar-refractivity contribution in [3.05, 3.63) is 12.2 Å². The molecule has 0 aliphatic heterocycles. The van der Waals surface area contributed by atoms with Crippen molar-refractivity contribution in [3.63, 3.8) is 0 Å². The van der Waals surface area contributed by atoms with Crippen LogP contribution in [0.25, 0.3) is 0 Å². The summed E-state index contributed by atoms with van der Waals surface area (Å²) in [6.07, 6.45) is 6.12. The molecule has 0 heterocycles. The molecule has 0 saturated heterocycles. The number of aliphatic hydroxyl groups excluding tert-OH is 1. The summed E-state index contributed by atoms with van der Waals surface area (Å²) in [6.45, 7) is 0.222. The average Bonchev–Trinajstić information content (AvgIpc) is 2.14. The zero-order chi connectivity index (χ0) is 8.65. The first-order chi connectivity index (χ1) is 5.93. The van der Waals surface area contributed by atoms with Gasteiger partial charge >= 0.3 is 0 Å². The van der Waals surface area contributed by atoms with Gasteiger partial charge in [-0.15, -0.1) is 0 Å². The Morgan fingerprint density at radius 1 is 1.25 bits per heavy atom. The highest BCUT2D eigenvalue weighted by Crippen LogP contribution is 2.09. The summed E-state index contributed by atoms with van der Waals surface area (Å²) in [6, 6.07) is 0. The molecule has 0 radical (unpaired) electrons. The Hall–Kier alpha value is -1.18. The van der Waals surface area contributed by atoms with Crippen molar-refractivity contribution in [2.75, 3.05) is 6.61 Å². The first-order valence-corrected chi connectivity index (χ1v) is 4.16. The van der Waals surface area contributed by atoms with Crippen LogP contribution in [0.1, 0.15) is 19.3 Å². The molecule has 0 spiro atoms. The Kier molecular flexibility index (Phi) is 4.06. The van der Waals surface area contributed by atoms with E-state index in [1.807, 2.05) is 0 Å². The van der Waals surface area contributed by atoms with Crippen molar-refractivity contribution in [1.82, 2.24) is 0 Å². The van der Waals surface area contributed by atoms with Gasteiger partial charge in [-0.1, -0.05) is 23.7 Å². The Morgan fingerprint density at radius 3 is 2.75 bits per heavy atom. The van der Waals surface area contributed by atoms with Gasteiger partial charge in [-0.2, -0.15) is 0 Å². The van der Waals surface area contributed by atoms with E-state index in [1.165, 1.54) is 0 Å². The number of hydrogen-bond acceptors (Lipinski definition) is 1. The van der Waals surface area contributed by atoms with Crippen LogP contribution in [-0.4, -0.2) is 11.7 Å². The standard InChI is InChI=1S/C11H12O/c12-10-11-8-6-4-2-1-3-5-7-9-11/h1-2,11-12H,7-10H2/t11-/m0/s1. The monoisotopic (exact) mass is 160 g/mol. The van der Waals surface area contributed by atoms with Crippen molar-refractivity contribution in [2.24, 2.45) is 5.92 Å². The topological polar surface area (TPSA) is 20.2 Å². The van der Waals surface area contributed by atoms with Crippen molar-refractivity contribution in [1.29, 1.82) is 0 Å². The molecule has 1 aliphatic carbocycles. The minimum atomic E-state index is 0.222. The van der Waals surface area contributed by atoms with Crippen LogP contribution in [0.2, 0.25) is 0 Å². The molecular formula is C11H12O. The van der Waals surface area contributed by atoms with E-state index in [-0.39, 0.29) is 6.61 Å². The van der Waals surface area contributed by atoms with Crippen LogP contribution in [0.3, 0.4) is 0 Å². The van der Waals surface area contributed by atoms with E-state index in [9.17, 15) is 0 Å². The summed E-state index contributed by atoms with van der Waals surface area (Å²) >= 11 is 0. The molecule has 62 valence electrons. The maximum atomic E-state index is 8.94. The van der Waals surface area contributed by atoms with Crippen molar-refractivity contribution in [2.45, 2.75) is 19.3 Å². The maximum Gasteiger partial charge on any atom is 0.0468 e. The molecule has 0 saturated carbocycles. The molecule has 0 unspecified atom stereocenters. The molecule has 0 aromatic carbocycles. The Morgan fingerprint density at radius 2 is 2.00 bits per heavy atom. The SMILES string of the molecule is OC[C@H]1CC#CC=CC#CCC1. The van der Waals surface area contributed by atoms with E-state index in [0.717, 1.165) is 19.3 Å². The van der Waals surface area contributed by atoms with Gasteiger partial charge in [0.25, 0.3) is 0 Å². The van der Waals surface area contributed by atoms with Gasteiger partial charge in [0.05, 0.1) is 0 Å². The van der Waals surface area contributed by atoms with E-state index < -0.39 is 0 Å². The quantitative estimate of drug-likeness (QED) is 0.574. The second-order valence-corrected chi connectivity index (χ2v) is 2.77. The van der Waals surface area contributed by atoms with Gasteiger partial charge in [-0.25, -0.2) is 0 Å². The number of aliphatic hydroxyl groups is 1. The zero-order valence-corrected chi connectivity index (χ0v) is 7.01. The summed E-state index contributed by atoms with van der Waals surface area (Å²) in [5, 5.41) is 8.94. The van der Waals surface area contributed by atoms with E-state index in [2.05, 4.69) is 23.7 Å². The molecular weight excluding hydrogens is 148 g/mol. The van der Waals surface area contributed by atoms with Gasteiger partial charge in [0.15, 0.2) is 0 Å². The molecule has 0 bridgehead atoms. The summed E-state index contributed by atoms with van der Waals surface area (Å²) < 4.78 is 0. The molecule has 0 amide bonds. The van der Waals surface area contributed by atoms with Crippen LogP contribution in [0.15, 0.2) is 12.2 Å². The van der Waals surface area contributed by atoms with E-state index >= 15 is 0 Å². The third-order valence-corrected chi connectivity index (χ3v) is 1.78. The van der Waals surface area contributed by atoms with E-state index in [1.54, 1.807) is 12.2 Å². The van der Waals surface area contributed by atoms with E-state index in [0.29, 0.717) is 5.92 Å². The molecule has 0 aromatic heterocycles. The summed E-state index contributed by atoms with van der Waals surface area (Å²) in [5.41, 5.74) is 0. The van der Waals surface area contributed by atoms with Crippen LogP contribution in [-0.2, 0) is 0 Å². The number of allylic oxidation sites excluding steroid dienone is 2. The smallest absolute Gasteiger partial charge is 0.0468 e. The van der Waals surface area contributed by atoms with Gasteiger partial charge in [-0.05, 0) is 24.5 Å². The van der Waals surface area contributed by atoms with Crippen molar-refractivity contribution in [3.8, 4) is 23.7 Å². The highest BCUT2D eigenvalue weighted by Gasteiger charge is 2.03. The molecule has 1 heteroatoms. The lowest BCUT2D eigenvalue weighted by atomic mass is 10.0. The zero-order valence-electron chi connectivity index (χ0n) is 7.01. The first kappa shape index (κ1) is 8.91. The number of rotatable bonds is 1. The van der Waals surface area contributed by atoms with Crippen molar-refractivity contribution < 1.29 is 5.11 Å². The molecule has 1 rings (SSSR count). The van der Waals surface area contributed by atoms with E-state index in [4.69, 9.17) is 5.11 Å². The maximum absolute atomic E-state index is 8.94. The highest BCUT2D eigenvalue weighted by atomic mass is 16.3. The van der Waals surface area contributed by atoms with Gasteiger partial charge in [0, 0.05) is 19.4 Å². The molecule has 12 heavy (non-hydrogen) atoms. The predicted octanol–water partition coefficient (Wildman–Crippen LogP) is 1.34. The lowest BCUT2D eigenvalue weighted by molar-refractivity contribution is 0.222. The lowest BCUT2D eigenvalue weighted by Crippen LogP contribution is -2.04. The molecule has 0 fully saturated rings. The average molecular weight is 160 g/mol. The van der Waals surface area contributed by atoms with Crippen molar-refractivity contribution >= 4 is 0 Å². The predicted molar refractivity (Wildman–Crippen MR) is 49.1 cm³/mol. The summed E-state index contributed by atoms with van der Waals surface area (Å²) in [5.74, 6) is 12.1. The molecule has 1 nitrogen and oxygen atoms in total. The molecule has 0 aromatic rings. The Labute approximate surface area is 73.5 Å². The summed E-state index contributed by atoms with van der Waals surface area (Å²) in [4.78, 5) is 0. The molecule has 1 N–H and O–H groups in total. The minimum absolute atomic E-state index is 0.222. The molecule has 1 atom stereocenters. The number of hydrogen-bond donors (Lipinski definition) is 1. The van der Waals surface area contributed by atoms with Crippen LogP contribution < -0.4 is 0 Å². The van der Waals surface area contributed by atoms with Crippen LogP contribution in [0.5, 0.6) is 0 Å². The lowest BCUT2D eigenvalue weighted by Gasteiger charge is -2.07. The van der Waals surface area contributed by atoms with Crippen LogP contribution >= 0.6 is 0 Å². The summed E-state index contributed by atoms with van der Waals surface area (Å²) in [7, 11) is 0. The fraction of sp³-hybridized carbons (Fsp3) is 0.455. The minimum Gasteiger partial charge on any atom is -0.396 e. The Bertz CT molecular complexity index is 267. The van der Waals surface area contributed by atoms with Crippen LogP contribution in [0.4, 0.5) is 0 Å². The van der Waals surface area contributed by atoms with Gasteiger partial charge in [0.2, 0.25) is 0 Å². The fourth-order valence-electron chi connectivity index (χ4n) is 1.01. The Balaban J connectivity index is 2.56. The largest absolute Gasteiger partial charge is 0.396 e. The van der Waals surface area contributed by atoms with Gasteiger partial charge in [-0.3, -0.25) is 0 Å². The second-order valence-electron chi connectivity index (χ2n) is 2.77. The first-order valence-electron chi connectivity index (χ1n) is 4.16. The normalized spacial score (nSPS) is 21.6. The second kappa shape index (κ2) is 5.47. The third-order valence-electron chi connectivity index (χ3n) is 1.78. The third kappa shape index (κ3) is 3.28. The fourth-order valence-corrected chi connectivity index (χ4v) is 1.01. The van der Waals surface area contributed by atoms with Gasteiger partial charge in [0.1, 0.15) is 0 Å². The highest BCUT2D eigenvalue weighted by molar-refractivity contribution is 5.25. The van der Waals surface area contributed by atoms with Gasteiger partial charge < -0.3 is 5.11 Å².